The van der Waals surface area contributed by atoms with Crippen LogP contribution in [0.4, 0.5) is 0 Å². The molecule has 4 heteroatoms. The first-order valence-electron chi connectivity index (χ1n) is 6.91. The van der Waals surface area contributed by atoms with Gasteiger partial charge in [-0.2, -0.15) is 5.26 Å². The predicted molar refractivity (Wildman–Crippen MR) is 65.4 cm³/mol. The summed E-state index contributed by atoms with van der Waals surface area (Å²) in [6.07, 6.45) is 4.17. The van der Waals surface area contributed by atoms with Crippen LogP contribution in [0.25, 0.3) is 0 Å². The van der Waals surface area contributed by atoms with Crippen molar-refractivity contribution >= 4 is 5.97 Å². The molecule has 0 aliphatic heterocycles. The summed E-state index contributed by atoms with van der Waals surface area (Å²) in [5.41, 5.74) is -0.714. The molecule has 0 bridgehead atoms. The molecule has 0 amide bonds. The molecule has 0 aromatic heterocycles. The molecule has 0 radical (unpaired) electrons. The maximum absolute atomic E-state index is 12.0. The second-order valence-electron chi connectivity index (χ2n) is 5.46. The van der Waals surface area contributed by atoms with Crippen molar-refractivity contribution in [1.29, 1.82) is 5.26 Å². The molecule has 2 aliphatic carbocycles. The number of rotatable bonds is 2. The second-order valence-corrected chi connectivity index (χ2v) is 5.46. The van der Waals surface area contributed by atoms with Gasteiger partial charge >= 0.3 is 5.97 Å². The van der Waals surface area contributed by atoms with Crippen LogP contribution >= 0.6 is 0 Å². The van der Waals surface area contributed by atoms with E-state index in [4.69, 9.17) is 4.74 Å². The van der Waals surface area contributed by atoms with Gasteiger partial charge in [0.15, 0.2) is 0 Å². The van der Waals surface area contributed by atoms with Crippen LogP contribution in [0, 0.1) is 28.6 Å². The van der Waals surface area contributed by atoms with E-state index in [0.717, 1.165) is 25.7 Å². The summed E-state index contributed by atoms with van der Waals surface area (Å²) >= 11 is 0. The van der Waals surface area contributed by atoms with Gasteiger partial charge in [-0.25, -0.2) is 0 Å². The maximum Gasteiger partial charge on any atom is 0.309 e. The molecule has 4 atom stereocenters. The molecule has 0 aromatic carbocycles. The highest BCUT2D eigenvalue weighted by molar-refractivity contribution is 5.73. The zero-order valence-electron chi connectivity index (χ0n) is 10.9. The average molecular weight is 251 g/mol. The number of nitrogens with zero attached hydrogens (tertiary/aromatic N) is 1. The van der Waals surface area contributed by atoms with Crippen LogP contribution in [-0.2, 0) is 9.53 Å². The first-order valence-corrected chi connectivity index (χ1v) is 6.91. The monoisotopic (exact) mass is 251 g/mol. The van der Waals surface area contributed by atoms with Gasteiger partial charge in [0, 0.05) is 0 Å². The zero-order chi connectivity index (χ0) is 13.2. The van der Waals surface area contributed by atoms with E-state index in [0.29, 0.717) is 19.4 Å². The Balaban J connectivity index is 2.25. The number of hydrogen-bond acceptors (Lipinski definition) is 4. The van der Waals surface area contributed by atoms with E-state index >= 15 is 0 Å². The van der Waals surface area contributed by atoms with Crippen molar-refractivity contribution in [3.8, 4) is 6.07 Å². The molecule has 2 rings (SSSR count). The molecule has 100 valence electrons. The molecule has 0 unspecified atom stereocenters. The van der Waals surface area contributed by atoms with Crippen LogP contribution in [-0.4, -0.2) is 23.8 Å². The number of carbonyl (C=O) groups is 1. The largest absolute Gasteiger partial charge is 0.466 e. The third-order valence-corrected chi connectivity index (χ3v) is 4.64. The Bertz CT molecular complexity index is 363. The lowest BCUT2D eigenvalue weighted by Crippen LogP contribution is -2.51. The Labute approximate surface area is 108 Å². The fourth-order valence-corrected chi connectivity index (χ4v) is 3.77. The summed E-state index contributed by atoms with van der Waals surface area (Å²) in [5.74, 6) is -0.414. The first kappa shape index (κ1) is 13.4. The van der Waals surface area contributed by atoms with E-state index in [1.165, 1.54) is 0 Å². The van der Waals surface area contributed by atoms with Crippen molar-refractivity contribution in [3.05, 3.63) is 0 Å². The Morgan fingerprint density at radius 1 is 1.44 bits per heavy atom. The van der Waals surface area contributed by atoms with Crippen LogP contribution in [0.3, 0.4) is 0 Å². The fourth-order valence-electron chi connectivity index (χ4n) is 3.77. The highest BCUT2D eigenvalue weighted by Crippen LogP contribution is 2.52. The van der Waals surface area contributed by atoms with E-state index in [1.807, 2.05) is 0 Å². The van der Waals surface area contributed by atoms with Gasteiger partial charge in [0.1, 0.15) is 0 Å². The number of fused-ring (bicyclic) bond motifs is 1. The molecule has 2 saturated carbocycles. The number of esters is 1. The van der Waals surface area contributed by atoms with Gasteiger partial charge in [0.05, 0.1) is 30.1 Å². The van der Waals surface area contributed by atoms with Crippen LogP contribution in [0.2, 0.25) is 0 Å². The lowest BCUT2D eigenvalue weighted by molar-refractivity contribution is -0.158. The average Bonchev–Trinajstić information content (AvgIpc) is 2.39. The molecule has 0 saturated heterocycles. The Morgan fingerprint density at radius 3 is 2.89 bits per heavy atom. The highest BCUT2D eigenvalue weighted by atomic mass is 16.5. The summed E-state index contributed by atoms with van der Waals surface area (Å²) in [5, 5.41) is 19.7. The molecule has 4 nitrogen and oxygen atoms in total. The van der Waals surface area contributed by atoms with Crippen molar-refractivity contribution < 1.29 is 14.6 Å². The van der Waals surface area contributed by atoms with Crippen LogP contribution in [0.1, 0.15) is 45.4 Å². The highest BCUT2D eigenvalue weighted by Gasteiger charge is 2.54. The molecule has 0 aromatic rings. The van der Waals surface area contributed by atoms with Crippen LogP contribution < -0.4 is 0 Å². The SMILES string of the molecule is CCOC(=O)[C@@H]1CCC[C@]2(C#N)[C@H](O)CCC[C@H]12. The maximum atomic E-state index is 12.0. The van der Waals surface area contributed by atoms with E-state index < -0.39 is 11.5 Å². The van der Waals surface area contributed by atoms with Gasteiger partial charge in [-0.1, -0.05) is 12.8 Å². The van der Waals surface area contributed by atoms with Crippen LogP contribution in [0.15, 0.2) is 0 Å². The van der Waals surface area contributed by atoms with Crippen molar-refractivity contribution in [1.82, 2.24) is 0 Å². The molecule has 0 heterocycles. The summed E-state index contributed by atoms with van der Waals surface area (Å²) in [4.78, 5) is 12.0. The minimum atomic E-state index is -0.714. The van der Waals surface area contributed by atoms with Gasteiger partial charge in [0.2, 0.25) is 0 Å². The Morgan fingerprint density at radius 2 is 2.22 bits per heavy atom. The molecular formula is C14H21NO3. The van der Waals surface area contributed by atoms with Crippen molar-refractivity contribution in [3.63, 3.8) is 0 Å². The zero-order valence-corrected chi connectivity index (χ0v) is 10.9. The first-order chi connectivity index (χ1) is 8.65. The number of hydrogen-bond donors (Lipinski definition) is 1. The number of aliphatic hydroxyl groups is 1. The molecule has 18 heavy (non-hydrogen) atoms. The summed E-state index contributed by atoms with van der Waals surface area (Å²) in [7, 11) is 0. The van der Waals surface area contributed by atoms with E-state index in [1.54, 1.807) is 6.92 Å². The lowest BCUT2D eigenvalue weighted by Gasteiger charge is -2.48. The number of carbonyl (C=O) groups excluding carboxylic acids is 1. The minimum Gasteiger partial charge on any atom is -0.466 e. The topological polar surface area (TPSA) is 70.3 Å². The third kappa shape index (κ3) is 2.01. The molecule has 0 spiro atoms. The van der Waals surface area contributed by atoms with E-state index in [9.17, 15) is 15.2 Å². The standard InChI is InChI=1S/C14H21NO3/c1-2-18-13(17)10-5-4-8-14(9-15)11(10)6-3-7-12(14)16/h10-12,16H,2-8H2,1H3/t10-,11-,12-,14-/m1/s1. The molecule has 2 fully saturated rings. The van der Waals surface area contributed by atoms with Gasteiger partial charge in [-0.05, 0) is 38.5 Å². The Hall–Kier alpha value is -1.08. The van der Waals surface area contributed by atoms with Crippen molar-refractivity contribution in [2.24, 2.45) is 17.3 Å². The summed E-state index contributed by atoms with van der Waals surface area (Å²) in [6, 6.07) is 2.34. The van der Waals surface area contributed by atoms with Gasteiger partial charge in [-0.15, -0.1) is 0 Å². The Kier molecular flexibility index (Phi) is 3.91. The van der Waals surface area contributed by atoms with Gasteiger partial charge < -0.3 is 9.84 Å². The third-order valence-electron chi connectivity index (χ3n) is 4.64. The van der Waals surface area contributed by atoms with Crippen molar-refractivity contribution in [2.45, 2.75) is 51.6 Å². The summed E-state index contributed by atoms with van der Waals surface area (Å²) < 4.78 is 5.13. The molecular weight excluding hydrogens is 230 g/mol. The fraction of sp³-hybridized carbons (Fsp3) is 0.857. The predicted octanol–water partition coefficient (Wildman–Crippen LogP) is 2.02. The molecule has 2 aliphatic rings. The smallest absolute Gasteiger partial charge is 0.309 e. The van der Waals surface area contributed by atoms with Crippen LogP contribution in [0.5, 0.6) is 0 Å². The molecule has 1 N–H and O–H groups in total. The second kappa shape index (κ2) is 5.27. The number of nitriles is 1. The normalized spacial score (nSPS) is 39.5. The van der Waals surface area contributed by atoms with Crippen molar-refractivity contribution in [2.75, 3.05) is 6.61 Å². The quantitative estimate of drug-likeness (QED) is 0.762. The van der Waals surface area contributed by atoms with E-state index in [2.05, 4.69) is 6.07 Å². The lowest BCUT2D eigenvalue weighted by atomic mass is 9.55. The minimum absolute atomic E-state index is 0.0287. The van der Waals surface area contributed by atoms with E-state index in [-0.39, 0.29) is 17.8 Å². The van der Waals surface area contributed by atoms with Gasteiger partial charge in [0.25, 0.3) is 0 Å². The number of ether oxygens (including phenoxy) is 1. The summed E-state index contributed by atoms with van der Waals surface area (Å²) in [6.45, 7) is 2.18. The van der Waals surface area contributed by atoms with Gasteiger partial charge in [-0.3, -0.25) is 4.79 Å². The number of aliphatic hydroxyl groups excluding tert-OH is 1.